The molecular formula is C19H15BrN2O3S. The third kappa shape index (κ3) is 3.25. The smallest absolute Gasteiger partial charge is 0.315 e. The van der Waals surface area contributed by atoms with Gasteiger partial charge in [-0.3, -0.25) is 4.79 Å². The van der Waals surface area contributed by atoms with E-state index in [1.54, 1.807) is 13.2 Å². The van der Waals surface area contributed by atoms with E-state index in [9.17, 15) is 4.79 Å². The number of ether oxygens (including phenoxy) is 1. The van der Waals surface area contributed by atoms with Crippen LogP contribution in [-0.4, -0.2) is 24.2 Å². The highest BCUT2D eigenvalue weighted by Gasteiger charge is 2.13. The Morgan fingerprint density at radius 1 is 1.27 bits per heavy atom. The van der Waals surface area contributed by atoms with Gasteiger partial charge in [-0.15, -0.1) is 0 Å². The number of fused-ring (bicyclic) bond motifs is 2. The molecule has 0 unspecified atom stereocenters. The standard InChI is InChI=1S/C19H15BrN2O3S/c1-24-9-8-22-14-7-6-13(20)11-17(14)26-19(22)21-18(23)16-10-12-4-2-3-5-15(12)25-16/h2-7,10-11H,8-9H2,1H3. The lowest BCUT2D eigenvalue weighted by Crippen LogP contribution is -2.19. The highest BCUT2D eigenvalue weighted by atomic mass is 79.9. The summed E-state index contributed by atoms with van der Waals surface area (Å²) in [5.41, 5.74) is 1.70. The number of methoxy groups -OCH3 is 1. The maximum atomic E-state index is 12.6. The summed E-state index contributed by atoms with van der Waals surface area (Å²) in [5.74, 6) is -0.152. The Kier molecular flexibility index (Phi) is 4.76. The zero-order chi connectivity index (χ0) is 18.1. The van der Waals surface area contributed by atoms with E-state index >= 15 is 0 Å². The van der Waals surface area contributed by atoms with Crippen molar-refractivity contribution in [3.63, 3.8) is 0 Å². The summed E-state index contributed by atoms with van der Waals surface area (Å²) in [6.45, 7) is 1.15. The normalized spacial score (nSPS) is 12.3. The molecule has 0 N–H and O–H groups in total. The number of rotatable bonds is 4. The zero-order valence-electron chi connectivity index (χ0n) is 13.9. The Balaban J connectivity index is 1.81. The SMILES string of the molecule is COCCn1c(=NC(=O)c2cc3ccccc3o2)sc2cc(Br)ccc21. The molecular weight excluding hydrogens is 416 g/mol. The van der Waals surface area contributed by atoms with Gasteiger partial charge in [0.05, 0.1) is 16.8 Å². The number of thiazole rings is 1. The van der Waals surface area contributed by atoms with Crippen molar-refractivity contribution in [1.29, 1.82) is 0 Å². The third-order valence-electron chi connectivity index (χ3n) is 4.00. The van der Waals surface area contributed by atoms with E-state index in [0.717, 1.165) is 20.1 Å². The van der Waals surface area contributed by atoms with Crippen LogP contribution in [0.15, 0.2) is 62.4 Å². The van der Waals surface area contributed by atoms with Gasteiger partial charge in [0.1, 0.15) is 5.58 Å². The molecule has 0 aliphatic carbocycles. The molecule has 0 atom stereocenters. The van der Waals surface area contributed by atoms with E-state index in [-0.39, 0.29) is 5.76 Å². The average molecular weight is 431 g/mol. The molecule has 0 saturated heterocycles. The summed E-state index contributed by atoms with van der Waals surface area (Å²) in [4.78, 5) is 17.6. The van der Waals surface area contributed by atoms with Gasteiger partial charge in [-0.25, -0.2) is 0 Å². The highest BCUT2D eigenvalue weighted by molar-refractivity contribution is 9.10. The molecule has 132 valence electrons. The zero-order valence-corrected chi connectivity index (χ0v) is 16.3. The van der Waals surface area contributed by atoms with Crippen LogP contribution in [0.5, 0.6) is 0 Å². The second-order valence-corrected chi connectivity index (χ2v) is 7.63. The van der Waals surface area contributed by atoms with Crippen molar-refractivity contribution < 1.29 is 13.9 Å². The van der Waals surface area contributed by atoms with Gasteiger partial charge < -0.3 is 13.7 Å². The molecule has 1 amide bonds. The van der Waals surface area contributed by atoms with Gasteiger partial charge in [-0.1, -0.05) is 45.5 Å². The molecule has 0 spiro atoms. The number of furan rings is 1. The van der Waals surface area contributed by atoms with E-state index < -0.39 is 5.91 Å². The van der Waals surface area contributed by atoms with Crippen LogP contribution in [0.2, 0.25) is 0 Å². The largest absolute Gasteiger partial charge is 0.451 e. The van der Waals surface area contributed by atoms with Crippen LogP contribution in [-0.2, 0) is 11.3 Å². The summed E-state index contributed by atoms with van der Waals surface area (Å²) >= 11 is 4.95. The number of nitrogens with zero attached hydrogens (tertiary/aromatic N) is 2. The predicted octanol–water partition coefficient (Wildman–Crippen LogP) is 4.60. The van der Waals surface area contributed by atoms with Gasteiger partial charge >= 0.3 is 5.91 Å². The number of benzene rings is 2. The molecule has 7 heteroatoms. The molecule has 0 saturated carbocycles. The van der Waals surface area contributed by atoms with E-state index in [1.165, 1.54) is 11.3 Å². The highest BCUT2D eigenvalue weighted by Crippen LogP contribution is 2.23. The Hall–Kier alpha value is -2.22. The van der Waals surface area contributed by atoms with Crippen LogP contribution in [0.4, 0.5) is 0 Å². The number of carbonyl (C=O) groups excluding carboxylic acids is 1. The number of hydrogen-bond donors (Lipinski definition) is 0. The molecule has 2 aromatic carbocycles. The molecule has 0 radical (unpaired) electrons. The van der Waals surface area contributed by atoms with Gasteiger partial charge in [-0.05, 0) is 30.3 Å². The third-order valence-corrected chi connectivity index (χ3v) is 5.53. The van der Waals surface area contributed by atoms with Gasteiger partial charge in [0.2, 0.25) is 0 Å². The maximum absolute atomic E-state index is 12.6. The van der Waals surface area contributed by atoms with Crippen molar-refractivity contribution >= 4 is 54.4 Å². The molecule has 5 nitrogen and oxygen atoms in total. The minimum Gasteiger partial charge on any atom is -0.451 e. The Bertz CT molecular complexity index is 1140. The lowest BCUT2D eigenvalue weighted by molar-refractivity contribution is 0.0973. The van der Waals surface area contributed by atoms with Crippen LogP contribution >= 0.6 is 27.3 Å². The molecule has 0 aliphatic heterocycles. The molecule has 2 heterocycles. The van der Waals surface area contributed by atoms with Crippen LogP contribution in [0.3, 0.4) is 0 Å². The number of aromatic nitrogens is 1. The van der Waals surface area contributed by atoms with Gasteiger partial charge in [-0.2, -0.15) is 4.99 Å². The number of para-hydroxylation sites is 1. The van der Waals surface area contributed by atoms with E-state index in [2.05, 4.69) is 20.9 Å². The topological polar surface area (TPSA) is 56.7 Å². The first-order chi connectivity index (χ1) is 12.7. The molecule has 26 heavy (non-hydrogen) atoms. The van der Waals surface area contributed by atoms with Crippen LogP contribution in [0.1, 0.15) is 10.6 Å². The van der Waals surface area contributed by atoms with Crippen molar-refractivity contribution in [2.45, 2.75) is 6.54 Å². The second kappa shape index (κ2) is 7.19. The monoisotopic (exact) mass is 430 g/mol. The number of amides is 1. The maximum Gasteiger partial charge on any atom is 0.315 e. The van der Waals surface area contributed by atoms with Crippen molar-refractivity contribution in [3.8, 4) is 0 Å². The van der Waals surface area contributed by atoms with Gasteiger partial charge in [0.25, 0.3) is 0 Å². The lowest BCUT2D eigenvalue weighted by Gasteiger charge is -2.04. The van der Waals surface area contributed by atoms with Crippen LogP contribution < -0.4 is 4.80 Å². The fourth-order valence-corrected chi connectivity index (χ4v) is 4.37. The van der Waals surface area contributed by atoms with Crippen molar-refractivity contribution in [2.24, 2.45) is 4.99 Å². The fourth-order valence-electron chi connectivity index (χ4n) is 2.76. The minimum atomic E-state index is -0.391. The second-order valence-electron chi connectivity index (χ2n) is 5.71. The van der Waals surface area contributed by atoms with Gasteiger partial charge in [0, 0.05) is 23.5 Å². The Morgan fingerprint density at radius 3 is 2.92 bits per heavy atom. The van der Waals surface area contributed by atoms with Crippen LogP contribution in [0, 0.1) is 0 Å². The molecule has 4 aromatic rings. The van der Waals surface area contributed by atoms with E-state index in [1.807, 2.05) is 47.0 Å². The first-order valence-corrected chi connectivity index (χ1v) is 9.62. The first kappa shape index (κ1) is 17.2. The molecule has 2 aromatic heterocycles. The molecule has 0 fully saturated rings. The minimum absolute atomic E-state index is 0.239. The summed E-state index contributed by atoms with van der Waals surface area (Å²) in [7, 11) is 1.65. The number of halogens is 1. The first-order valence-electron chi connectivity index (χ1n) is 8.01. The molecule has 4 rings (SSSR count). The summed E-state index contributed by atoms with van der Waals surface area (Å²) in [5, 5.41) is 0.888. The van der Waals surface area contributed by atoms with E-state index in [4.69, 9.17) is 9.15 Å². The predicted molar refractivity (Wildman–Crippen MR) is 105 cm³/mol. The number of carbonyl (C=O) groups is 1. The summed E-state index contributed by atoms with van der Waals surface area (Å²) in [6, 6.07) is 15.3. The van der Waals surface area contributed by atoms with Crippen molar-refractivity contribution in [3.05, 3.63) is 63.6 Å². The fraction of sp³-hybridized carbons (Fsp3) is 0.158. The summed E-state index contributed by atoms with van der Waals surface area (Å²) in [6.07, 6.45) is 0. The average Bonchev–Trinajstić information content (AvgIpc) is 3.20. The lowest BCUT2D eigenvalue weighted by atomic mass is 10.2. The quantitative estimate of drug-likeness (QED) is 0.475. The van der Waals surface area contributed by atoms with E-state index in [0.29, 0.717) is 23.5 Å². The van der Waals surface area contributed by atoms with Crippen LogP contribution in [0.25, 0.3) is 21.2 Å². The Labute approximate surface area is 161 Å². The van der Waals surface area contributed by atoms with Gasteiger partial charge in [0.15, 0.2) is 10.6 Å². The van der Waals surface area contributed by atoms with Crippen molar-refractivity contribution in [2.75, 3.05) is 13.7 Å². The molecule has 0 bridgehead atoms. The number of hydrogen-bond acceptors (Lipinski definition) is 4. The van der Waals surface area contributed by atoms with Crippen molar-refractivity contribution in [1.82, 2.24) is 4.57 Å². The molecule has 0 aliphatic rings. The summed E-state index contributed by atoms with van der Waals surface area (Å²) < 4.78 is 14.9. The Morgan fingerprint density at radius 2 is 2.12 bits per heavy atom.